The van der Waals surface area contributed by atoms with Crippen molar-refractivity contribution in [2.75, 3.05) is 5.32 Å². The second-order valence-electron chi connectivity index (χ2n) is 7.31. The van der Waals surface area contributed by atoms with E-state index < -0.39 is 11.7 Å². The van der Waals surface area contributed by atoms with Crippen molar-refractivity contribution in [1.29, 1.82) is 0 Å². The molecule has 1 aromatic heterocycles. The van der Waals surface area contributed by atoms with E-state index in [-0.39, 0.29) is 21.4 Å². The molecule has 0 atom stereocenters. The van der Waals surface area contributed by atoms with Crippen LogP contribution in [0.15, 0.2) is 58.6 Å². The van der Waals surface area contributed by atoms with E-state index in [1.165, 1.54) is 31.0 Å². The summed E-state index contributed by atoms with van der Waals surface area (Å²) >= 11 is 7.18. The Labute approximate surface area is 188 Å². The Morgan fingerprint density at radius 2 is 1.94 bits per heavy atom. The Bertz CT molecular complexity index is 1070. The van der Waals surface area contributed by atoms with E-state index in [2.05, 4.69) is 15.3 Å². The lowest BCUT2D eigenvalue weighted by molar-refractivity contribution is -0.825. The molecule has 1 aliphatic carbocycles. The van der Waals surface area contributed by atoms with E-state index in [0.717, 1.165) is 35.6 Å². The van der Waals surface area contributed by atoms with Crippen molar-refractivity contribution in [2.45, 2.75) is 41.4 Å². The van der Waals surface area contributed by atoms with Gasteiger partial charge in [-0.05, 0) is 42.5 Å². The Morgan fingerprint density at radius 1 is 1.19 bits per heavy atom. The number of carbonyl (C=O) groups is 1. The molecule has 3 aromatic rings. The monoisotopic (exact) mass is 459 g/mol. The van der Waals surface area contributed by atoms with E-state index in [9.17, 15) is 14.4 Å². The predicted molar refractivity (Wildman–Crippen MR) is 117 cm³/mol. The molecule has 31 heavy (non-hydrogen) atoms. The fraction of sp³-hybridized carbons (Fsp3) is 0.227. The summed E-state index contributed by atoms with van der Waals surface area (Å²) in [7, 11) is 0. The molecule has 1 fully saturated rings. The smallest absolute Gasteiger partial charge is 0.259 e. The minimum absolute atomic E-state index is 0.185. The molecule has 4 rings (SSSR count). The number of nitrogens with two attached hydrogens (primary N) is 1. The summed E-state index contributed by atoms with van der Waals surface area (Å²) in [6.07, 6.45) is 8.22. The van der Waals surface area contributed by atoms with Crippen molar-refractivity contribution in [3.63, 3.8) is 0 Å². The molecular weight excluding hydrogens is 439 g/mol. The van der Waals surface area contributed by atoms with Crippen LogP contribution in [0.3, 0.4) is 0 Å². The molecule has 0 saturated heterocycles. The van der Waals surface area contributed by atoms with E-state index in [1.54, 1.807) is 30.6 Å². The molecule has 1 saturated carbocycles. The number of hydrogen-bond acceptors (Lipinski definition) is 5. The van der Waals surface area contributed by atoms with Gasteiger partial charge < -0.3 is 0 Å². The Hall–Kier alpha value is -2.52. The van der Waals surface area contributed by atoms with Gasteiger partial charge in [0.1, 0.15) is 5.82 Å². The molecule has 0 aliphatic heterocycles. The molecule has 1 aliphatic rings. The van der Waals surface area contributed by atoms with Crippen LogP contribution in [0, 0.1) is 5.82 Å². The summed E-state index contributed by atoms with van der Waals surface area (Å²) in [5.41, 5.74) is 2.66. The van der Waals surface area contributed by atoms with E-state index >= 15 is 0 Å². The highest BCUT2D eigenvalue weighted by molar-refractivity contribution is 7.99. The first kappa shape index (κ1) is 21.7. The fourth-order valence-electron chi connectivity index (χ4n) is 3.63. The summed E-state index contributed by atoms with van der Waals surface area (Å²) in [6, 6.07) is 9.19. The number of hydrogen-bond donors (Lipinski definition) is 3. The number of aromatic nitrogens is 2. The molecule has 0 unspecified atom stereocenters. The van der Waals surface area contributed by atoms with Gasteiger partial charge in [-0.2, -0.15) is 5.48 Å². The third-order valence-electron chi connectivity index (χ3n) is 5.25. The molecule has 0 spiro atoms. The Morgan fingerprint density at radius 3 is 2.61 bits per heavy atom. The zero-order valence-electron chi connectivity index (χ0n) is 16.5. The molecule has 6 nitrogen and oxygen atoms in total. The molecule has 0 bridgehead atoms. The maximum atomic E-state index is 14.3. The summed E-state index contributed by atoms with van der Waals surface area (Å²) in [5.74, 6) is -0.278. The predicted octanol–water partition coefficient (Wildman–Crippen LogP) is 4.91. The van der Waals surface area contributed by atoms with Gasteiger partial charge in [0.25, 0.3) is 5.91 Å². The second kappa shape index (κ2) is 9.74. The van der Waals surface area contributed by atoms with Crippen molar-refractivity contribution < 1.29 is 19.9 Å². The lowest BCUT2D eigenvalue weighted by atomic mass is 10.0. The lowest BCUT2D eigenvalue weighted by Crippen LogP contribution is -2.73. The van der Waals surface area contributed by atoms with Gasteiger partial charge >= 0.3 is 0 Å². The number of nitrogens with one attached hydrogen (secondary N) is 1. The van der Waals surface area contributed by atoms with E-state index in [4.69, 9.17) is 11.6 Å². The van der Waals surface area contributed by atoms with Crippen molar-refractivity contribution in [2.24, 2.45) is 0 Å². The van der Waals surface area contributed by atoms with Gasteiger partial charge in [0.2, 0.25) is 5.95 Å². The van der Waals surface area contributed by atoms with Gasteiger partial charge in [-0.25, -0.2) is 19.6 Å². The zero-order chi connectivity index (χ0) is 21.8. The average Bonchev–Trinajstić information content (AvgIpc) is 3.32. The van der Waals surface area contributed by atoms with Gasteiger partial charge in [0.15, 0.2) is 5.69 Å². The van der Waals surface area contributed by atoms with Crippen molar-refractivity contribution in [3.05, 3.63) is 70.8 Å². The van der Waals surface area contributed by atoms with Crippen LogP contribution in [0.1, 0.15) is 47.5 Å². The summed E-state index contributed by atoms with van der Waals surface area (Å²) < 4.78 is 14.3. The lowest BCUT2D eigenvalue weighted by Gasteiger charge is -2.12. The van der Waals surface area contributed by atoms with Crippen molar-refractivity contribution in [1.82, 2.24) is 9.97 Å². The normalized spacial score (nSPS) is 14.0. The van der Waals surface area contributed by atoms with Crippen LogP contribution in [0.25, 0.3) is 0 Å². The third-order valence-corrected chi connectivity index (χ3v) is 6.87. The summed E-state index contributed by atoms with van der Waals surface area (Å²) in [5, 5.41) is 12.3. The highest BCUT2D eigenvalue weighted by Gasteiger charge is 2.20. The largest absolute Gasteiger partial charge is 0.290 e. The number of carbonyl (C=O) groups excluding carboxylic acids is 1. The van der Waals surface area contributed by atoms with Crippen molar-refractivity contribution >= 4 is 40.9 Å². The van der Waals surface area contributed by atoms with E-state index in [1.807, 2.05) is 0 Å². The maximum absolute atomic E-state index is 14.3. The van der Waals surface area contributed by atoms with Gasteiger partial charge in [0, 0.05) is 29.4 Å². The number of rotatable bonds is 6. The first-order valence-corrected chi connectivity index (χ1v) is 11.1. The molecular formula is C22H21ClFN4O2S+. The number of anilines is 1. The minimum atomic E-state index is -0.479. The minimum Gasteiger partial charge on any atom is -0.290 e. The number of amides is 1. The standard InChI is InChI=1S/C22H20ClFN4O2S/c23-17-6-3-7-18(24)20(17)31-19-9-8-15(28-30)10-16(19)21(29)27-22-25-11-14(12-26-22)13-4-1-2-5-13/h3,6-13,28,30H,1-2,4-5H2,(H,25,26,27,29)/p+1. The van der Waals surface area contributed by atoms with Crippen LogP contribution in [-0.4, -0.2) is 21.1 Å². The highest BCUT2D eigenvalue weighted by atomic mass is 35.5. The second-order valence-corrected chi connectivity index (χ2v) is 8.77. The first-order valence-electron chi connectivity index (χ1n) is 9.92. The van der Waals surface area contributed by atoms with Gasteiger partial charge in [-0.15, -0.1) is 0 Å². The SMILES string of the molecule is O=C(Nc1ncc(C2CCCC2)cn1)c1cc([NH2+]O)ccc1Sc1c(F)cccc1Cl. The van der Waals surface area contributed by atoms with Crippen LogP contribution in [0.5, 0.6) is 0 Å². The van der Waals surface area contributed by atoms with Crippen LogP contribution >= 0.6 is 23.4 Å². The van der Waals surface area contributed by atoms with Gasteiger partial charge in [-0.1, -0.05) is 42.3 Å². The first-order chi connectivity index (χ1) is 15.0. The molecule has 0 radical (unpaired) electrons. The van der Waals surface area contributed by atoms with Crippen LogP contribution < -0.4 is 10.8 Å². The maximum Gasteiger partial charge on any atom is 0.259 e. The third kappa shape index (κ3) is 5.04. The molecule has 160 valence electrons. The Kier molecular flexibility index (Phi) is 6.82. The Balaban J connectivity index is 1.58. The van der Waals surface area contributed by atoms with Crippen molar-refractivity contribution in [3.8, 4) is 0 Å². The molecule has 1 heterocycles. The number of benzene rings is 2. The topological polar surface area (TPSA) is 91.7 Å². The molecule has 1 amide bonds. The zero-order valence-corrected chi connectivity index (χ0v) is 18.1. The highest BCUT2D eigenvalue weighted by Crippen LogP contribution is 2.38. The van der Waals surface area contributed by atoms with Crippen LogP contribution in [-0.2, 0) is 0 Å². The van der Waals surface area contributed by atoms with Crippen LogP contribution in [0.2, 0.25) is 5.02 Å². The molecule has 2 aromatic carbocycles. The fourth-order valence-corrected chi connectivity index (χ4v) is 4.85. The van der Waals surface area contributed by atoms with Gasteiger partial charge in [-0.3, -0.25) is 10.1 Å². The molecule has 4 N–H and O–H groups in total. The van der Waals surface area contributed by atoms with E-state index in [0.29, 0.717) is 16.5 Å². The number of halogens is 2. The number of quaternary nitrogens is 1. The quantitative estimate of drug-likeness (QED) is 0.359. The van der Waals surface area contributed by atoms with Crippen LogP contribution in [0.4, 0.5) is 16.0 Å². The summed E-state index contributed by atoms with van der Waals surface area (Å²) in [6.45, 7) is 0. The molecule has 9 heteroatoms. The average molecular weight is 460 g/mol. The number of nitrogens with zero attached hydrogens (tertiary/aromatic N) is 2. The van der Waals surface area contributed by atoms with Gasteiger partial charge in [0.05, 0.1) is 15.5 Å². The summed E-state index contributed by atoms with van der Waals surface area (Å²) in [4.78, 5) is 22.3.